The van der Waals surface area contributed by atoms with Gasteiger partial charge in [0, 0.05) is 12.2 Å². The first-order valence-corrected chi connectivity index (χ1v) is 7.00. The van der Waals surface area contributed by atoms with E-state index < -0.39 is 0 Å². The predicted molar refractivity (Wildman–Crippen MR) is 77.7 cm³/mol. The van der Waals surface area contributed by atoms with Crippen LogP contribution in [0.3, 0.4) is 0 Å². The van der Waals surface area contributed by atoms with Gasteiger partial charge in [0.25, 0.3) is 5.91 Å². The van der Waals surface area contributed by atoms with Crippen LogP contribution >= 0.6 is 0 Å². The molecule has 1 aromatic rings. The topological polar surface area (TPSA) is 84.6 Å². The molecule has 110 valence electrons. The summed E-state index contributed by atoms with van der Waals surface area (Å²) < 4.78 is 5.10. The van der Waals surface area contributed by atoms with Crippen LogP contribution in [0.4, 0.5) is 5.69 Å². The Morgan fingerprint density at radius 2 is 2.10 bits per heavy atom. The van der Waals surface area contributed by atoms with E-state index in [1.54, 1.807) is 25.3 Å². The highest BCUT2D eigenvalue weighted by Gasteiger charge is 2.20. The van der Waals surface area contributed by atoms with Crippen molar-refractivity contribution in [3.05, 3.63) is 23.8 Å². The highest BCUT2D eigenvalue weighted by Crippen LogP contribution is 2.24. The molecule has 0 atom stereocenters. The monoisotopic (exact) mass is 278 g/mol. The maximum Gasteiger partial charge on any atom is 0.253 e. The number of anilines is 1. The normalized spacial score (nSPS) is 22.3. The van der Waals surface area contributed by atoms with E-state index in [4.69, 9.17) is 10.5 Å². The maximum absolute atomic E-state index is 12.1. The van der Waals surface area contributed by atoms with Crippen molar-refractivity contribution in [2.24, 2.45) is 5.92 Å². The summed E-state index contributed by atoms with van der Waals surface area (Å²) in [5, 5.41) is 12.4. The first-order valence-electron chi connectivity index (χ1n) is 7.00. The van der Waals surface area contributed by atoms with E-state index >= 15 is 0 Å². The van der Waals surface area contributed by atoms with Crippen LogP contribution in [0, 0.1) is 5.92 Å². The molecule has 1 aliphatic rings. The highest BCUT2D eigenvalue weighted by atomic mass is 16.5. The number of benzene rings is 1. The van der Waals surface area contributed by atoms with Gasteiger partial charge in [0.15, 0.2) is 0 Å². The van der Waals surface area contributed by atoms with Crippen LogP contribution in [0.25, 0.3) is 0 Å². The summed E-state index contributed by atoms with van der Waals surface area (Å²) in [6.45, 7) is 0.627. The number of ether oxygens (including phenoxy) is 1. The van der Waals surface area contributed by atoms with Gasteiger partial charge >= 0.3 is 0 Å². The van der Waals surface area contributed by atoms with Gasteiger partial charge < -0.3 is 20.9 Å². The molecule has 0 aliphatic heterocycles. The molecule has 4 N–H and O–H groups in total. The predicted octanol–water partition coefficient (Wildman–Crippen LogP) is 1.56. The summed E-state index contributed by atoms with van der Waals surface area (Å²) in [6.07, 6.45) is 3.38. The van der Waals surface area contributed by atoms with Crippen molar-refractivity contribution in [1.82, 2.24) is 5.32 Å². The van der Waals surface area contributed by atoms with Gasteiger partial charge in [0.1, 0.15) is 5.75 Å². The zero-order chi connectivity index (χ0) is 14.5. The molecule has 1 fully saturated rings. The van der Waals surface area contributed by atoms with Crippen molar-refractivity contribution in [3.8, 4) is 5.75 Å². The zero-order valence-electron chi connectivity index (χ0n) is 11.8. The molecule has 20 heavy (non-hydrogen) atoms. The number of aliphatic hydroxyl groups excluding tert-OH is 1. The number of nitrogen functional groups attached to an aromatic ring is 1. The minimum Gasteiger partial charge on any atom is -0.497 e. The van der Waals surface area contributed by atoms with Crippen LogP contribution in [0.1, 0.15) is 36.0 Å². The van der Waals surface area contributed by atoms with Crippen molar-refractivity contribution in [1.29, 1.82) is 0 Å². The van der Waals surface area contributed by atoms with Crippen molar-refractivity contribution in [2.45, 2.75) is 31.8 Å². The Hall–Kier alpha value is -1.75. The number of aliphatic hydroxyl groups is 1. The number of carbonyl (C=O) groups is 1. The van der Waals surface area contributed by atoms with Crippen molar-refractivity contribution in [3.63, 3.8) is 0 Å². The average Bonchev–Trinajstić information content (AvgIpc) is 2.47. The molecule has 0 heterocycles. The first kappa shape index (κ1) is 14.7. The smallest absolute Gasteiger partial charge is 0.253 e. The van der Waals surface area contributed by atoms with Gasteiger partial charge in [-0.2, -0.15) is 0 Å². The zero-order valence-corrected chi connectivity index (χ0v) is 11.8. The minimum atomic E-state index is -0.174. The van der Waals surface area contributed by atoms with Gasteiger partial charge in [-0.15, -0.1) is 0 Å². The summed E-state index contributed by atoms with van der Waals surface area (Å²) in [6, 6.07) is 5.05. The molecule has 5 heteroatoms. The average molecular weight is 278 g/mol. The number of hydrogen-bond acceptors (Lipinski definition) is 4. The van der Waals surface area contributed by atoms with Crippen LogP contribution in [0.2, 0.25) is 0 Å². The van der Waals surface area contributed by atoms with E-state index in [9.17, 15) is 9.90 Å². The summed E-state index contributed by atoms with van der Waals surface area (Å²) in [4.78, 5) is 12.1. The number of methoxy groups -OCH3 is 1. The van der Waals surface area contributed by atoms with Crippen LogP contribution in [-0.2, 0) is 0 Å². The fourth-order valence-electron chi connectivity index (χ4n) is 2.54. The Balaban J connectivity index is 1.91. The van der Waals surface area contributed by atoms with Crippen LogP contribution in [-0.4, -0.2) is 30.8 Å². The SMILES string of the molecule is COc1ccc(N)c(C(=O)NCC2CCC(O)CC2)c1. The largest absolute Gasteiger partial charge is 0.497 e. The second-order valence-electron chi connectivity index (χ2n) is 5.34. The van der Waals surface area contributed by atoms with Gasteiger partial charge in [0.2, 0.25) is 0 Å². The number of amides is 1. The number of nitrogens with one attached hydrogen (secondary N) is 1. The van der Waals surface area contributed by atoms with E-state index in [0.29, 0.717) is 29.5 Å². The molecule has 0 saturated heterocycles. The molecule has 1 saturated carbocycles. The summed E-state index contributed by atoms with van der Waals surface area (Å²) >= 11 is 0. The lowest BCUT2D eigenvalue weighted by Gasteiger charge is -2.25. The molecular weight excluding hydrogens is 256 g/mol. The molecule has 0 spiro atoms. The lowest BCUT2D eigenvalue weighted by molar-refractivity contribution is 0.0910. The van der Waals surface area contributed by atoms with E-state index in [1.807, 2.05) is 0 Å². The molecule has 0 unspecified atom stereocenters. The third-order valence-corrected chi connectivity index (χ3v) is 3.87. The van der Waals surface area contributed by atoms with Gasteiger partial charge in [-0.3, -0.25) is 4.79 Å². The molecular formula is C15H22N2O3. The highest BCUT2D eigenvalue weighted by molar-refractivity contribution is 5.99. The third kappa shape index (κ3) is 3.63. The molecule has 1 aromatic carbocycles. The van der Waals surface area contributed by atoms with Gasteiger partial charge in [0.05, 0.1) is 18.8 Å². The Morgan fingerprint density at radius 1 is 1.40 bits per heavy atom. The lowest BCUT2D eigenvalue weighted by atomic mass is 9.87. The third-order valence-electron chi connectivity index (χ3n) is 3.87. The molecule has 0 bridgehead atoms. The van der Waals surface area contributed by atoms with Crippen molar-refractivity contribution < 1.29 is 14.6 Å². The van der Waals surface area contributed by atoms with Gasteiger partial charge in [-0.1, -0.05) is 0 Å². The fourth-order valence-corrected chi connectivity index (χ4v) is 2.54. The lowest BCUT2D eigenvalue weighted by Crippen LogP contribution is -2.32. The Bertz CT molecular complexity index is 468. The second-order valence-corrected chi connectivity index (χ2v) is 5.34. The molecule has 2 rings (SSSR count). The maximum atomic E-state index is 12.1. The molecule has 0 radical (unpaired) electrons. The van der Waals surface area contributed by atoms with Gasteiger partial charge in [-0.05, 0) is 49.8 Å². The standard InChI is InChI=1S/C15H22N2O3/c1-20-12-6-7-14(16)13(8-12)15(19)17-9-10-2-4-11(18)5-3-10/h6-8,10-11,18H,2-5,9,16H2,1H3,(H,17,19). The molecule has 5 nitrogen and oxygen atoms in total. The van der Waals surface area contributed by atoms with E-state index in [0.717, 1.165) is 25.7 Å². The quantitative estimate of drug-likeness (QED) is 0.730. The Morgan fingerprint density at radius 3 is 2.75 bits per heavy atom. The summed E-state index contributed by atoms with van der Waals surface area (Å²) in [5.41, 5.74) is 6.71. The minimum absolute atomic E-state index is 0.170. The number of carbonyl (C=O) groups excluding carboxylic acids is 1. The fraction of sp³-hybridized carbons (Fsp3) is 0.533. The van der Waals surface area contributed by atoms with Crippen LogP contribution < -0.4 is 15.8 Å². The number of nitrogens with two attached hydrogens (primary N) is 1. The number of rotatable bonds is 4. The summed E-state index contributed by atoms with van der Waals surface area (Å²) in [7, 11) is 1.56. The van der Waals surface area contributed by atoms with E-state index in [1.165, 1.54) is 0 Å². The van der Waals surface area contributed by atoms with E-state index in [-0.39, 0.29) is 12.0 Å². The van der Waals surface area contributed by atoms with Gasteiger partial charge in [-0.25, -0.2) is 0 Å². The Labute approximate surface area is 119 Å². The molecule has 1 aliphatic carbocycles. The van der Waals surface area contributed by atoms with Crippen LogP contribution in [0.5, 0.6) is 5.75 Å². The molecule has 1 amide bonds. The number of hydrogen-bond donors (Lipinski definition) is 3. The second kappa shape index (κ2) is 6.61. The van der Waals surface area contributed by atoms with E-state index in [2.05, 4.69) is 5.32 Å². The summed E-state index contributed by atoms with van der Waals surface area (Å²) in [5.74, 6) is 0.881. The van der Waals surface area contributed by atoms with Crippen molar-refractivity contribution in [2.75, 3.05) is 19.4 Å². The van der Waals surface area contributed by atoms with Crippen molar-refractivity contribution >= 4 is 11.6 Å². The van der Waals surface area contributed by atoms with Crippen LogP contribution in [0.15, 0.2) is 18.2 Å². The first-order chi connectivity index (χ1) is 9.60. The molecule has 0 aromatic heterocycles. The Kier molecular flexibility index (Phi) is 4.84.